The highest BCUT2D eigenvalue weighted by atomic mass is 16.5. The molecule has 0 bridgehead atoms. The topological polar surface area (TPSA) is 101 Å². The van der Waals surface area contributed by atoms with Gasteiger partial charge in [0.25, 0.3) is 5.91 Å². The molecular formula is C32H33N3O4. The Morgan fingerprint density at radius 2 is 1.82 bits per heavy atom. The van der Waals surface area contributed by atoms with Gasteiger partial charge in [-0.05, 0) is 86.9 Å². The van der Waals surface area contributed by atoms with Crippen LogP contribution in [-0.4, -0.2) is 34.1 Å². The van der Waals surface area contributed by atoms with Crippen molar-refractivity contribution in [1.29, 1.82) is 0 Å². The van der Waals surface area contributed by atoms with E-state index in [1.165, 1.54) is 5.56 Å². The van der Waals surface area contributed by atoms with E-state index in [0.29, 0.717) is 35.9 Å². The van der Waals surface area contributed by atoms with Gasteiger partial charge in [0.2, 0.25) is 0 Å². The van der Waals surface area contributed by atoms with Crippen molar-refractivity contribution in [2.45, 2.75) is 57.9 Å². The van der Waals surface area contributed by atoms with Crippen molar-refractivity contribution in [1.82, 2.24) is 15.3 Å². The minimum atomic E-state index is -0.797. The van der Waals surface area contributed by atoms with Crippen LogP contribution in [0.2, 0.25) is 0 Å². The Kier molecular flexibility index (Phi) is 7.87. The molecule has 1 aliphatic rings. The Bertz CT molecular complexity index is 1510. The van der Waals surface area contributed by atoms with Gasteiger partial charge in [-0.15, -0.1) is 0 Å². The minimum Gasteiger partial charge on any atom is -0.497 e. The summed E-state index contributed by atoms with van der Waals surface area (Å²) in [6.45, 7) is 2.04. The van der Waals surface area contributed by atoms with E-state index in [-0.39, 0.29) is 18.4 Å². The lowest BCUT2D eigenvalue weighted by molar-refractivity contribution is -0.137. The van der Waals surface area contributed by atoms with Crippen LogP contribution < -0.4 is 10.1 Å². The van der Waals surface area contributed by atoms with Gasteiger partial charge in [-0.1, -0.05) is 35.9 Å². The number of aryl methyl sites for hydroxylation is 3. The second-order valence-electron chi connectivity index (χ2n) is 10.2. The van der Waals surface area contributed by atoms with Gasteiger partial charge in [0.05, 0.1) is 35.6 Å². The van der Waals surface area contributed by atoms with Gasteiger partial charge in [-0.3, -0.25) is 9.59 Å². The SMILES string of the molecule is COc1ccc2c(c1)CCCC2NC(=O)c1ccc2nc(-c3ccc(C)cc3)c(CCCCC(=O)O)nc2c1. The number of nitrogens with zero attached hydrogens (tertiary/aromatic N) is 2. The molecule has 1 unspecified atom stereocenters. The highest BCUT2D eigenvalue weighted by molar-refractivity contribution is 5.97. The Hall–Kier alpha value is -4.26. The van der Waals surface area contributed by atoms with Crippen LogP contribution in [-0.2, 0) is 17.6 Å². The van der Waals surface area contributed by atoms with Crippen LogP contribution in [0.1, 0.15) is 70.9 Å². The first-order valence-corrected chi connectivity index (χ1v) is 13.5. The summed E-state index contributed by atoms with van der Waals surface area (Å²) in [5.74, 6) is -0.107. The quantitative estimate of drug-likeness (QED) is 0.253. The van der Waals surface area contributed by atoms with Crippen molar-refractivity contribution >= 4 is 22.9 Å². The number of rotatable bonds is 9. The molecule has 0 spiro atoms. The number of benzene rings is 3. The summed E-state index contributed by atoms with van der Waals surface area (Å²) in [6, 6.07) is 19.6. The molecule has 5 rings (SSSR count). The standard InChI is InChI=1S/C32H33N3O4/c1-20-10-12-21(13-11-20)31-28(7-3-4-9-30(36)37)33-29-19-23(14-17-27(29)34-31)32(38)35-26-8-5-6-22-18-24(39-2)15-16-25(22)26/h10-19,26H,3-9H2,1-2H3,(H,35,38)(H,36,37). The summed E-state index contributed by atoms with van der Waals surface area (Å²) in [5, 5.41) is 12.2. The Morgan fingerprint density at radius 1 is 1.00 bits per heavy atom. The molecule has 0 radical (unpaired) electrons. The molecule has 1 aromatic heterocycles. The first kappa shape index (κ1) is 26.4. The number of amides is 1. The van der Waals surface area contributed by atoms with Crippen molar-refractivity contribution in [3.63, 3.8) is 0 Å². The van der Waals surface area contributed by atoms with Crippen LogP contribution in [0.15, 0.2) is 60.7 Å². The molecule has 39 heavy (non-hydrogen) atoms. The van der Waals surface area contributed by atoms with Gasteiger partial charge in [-0.2, -0.15) is 0 Å². The number of fused-ring (bicyclic) bond motifs is 2. The van der Waals surface area contributed by atoms with Gasteiger partial charge in [0.1, 0.15) is 5.75 Å². The second-order valence-corrected chi connectivity index (χ2v) is 10.2. The van der Waals surface area contributed by atoms with Crippen LogP contribution in [0.25, 0.3) is 22.3 Å². The number of ether oxygens (including phenoxy) is 1. The van der Waals surface area contributed by atoms with Gasteiger partial charge in [0, 0.05) is 17.5 Å². The lowest BCUT2D eigenvalue weighted by atomic mass is 9.87. The molecule has 0 saturated heterocycles. The average molecular weight is 524 g/mol. The number of aliphatic carboxylic acids is 1. The summed E-state index contributed by atoms with van der Waals surface area (Å²) in [4.78, 5) is 34.2. The van der Waals surface area contributed by atoms with Crippen LogP contribution in [0.3, 0.4) is 0 Å². The average Bonchev–Trinajstić information content (AvgIpc) is 2.94. The number of hydrogen-bond donors (Lipinski definition) is 2. The summed E-state index contributed by atoms with van der Waals surface area (Å²) >= 11 is 0. The third-order valence-corrected chi connectivity index (χ3v) is 7.35. The fourth-order valence-corrected chi connectivity index (χ4v) is 5.23. The number of carbonyl (C=O) groups is 2. The largest absolute Gasteiger partial charge is 0.497 e. The Labute approximate surface area is 228 Å². The van der Waals surface area contributed by atoms with Crippen molar-refractivity contribution < 1.29 is 19.4 Å². The summed E-state index contributed by atoms with van der Waals surface area (Å²) in [6.07, 6.45) is 4.86. The van der Waals surface area contributed by atoms with E-state index < -0.39 is 5.97 Å². The maximum Gasteiger partial charge on any atom is 0.303 e. The van der Waals surface area contributed by atoms with Gasteiger partial charge >= 0.3 is 5.97 Å². The first-order chi connectivity index (χ1) is 18.9. The smallest absolute Gasteiger partial charge is 0.303 e. The third kappa shape index (κ3) is 6.08. The number of carboxylic acids is 1. The number of hydrogen-bond acceptors (Lipinski definition) is 5. The lowest BCUT2D eigenvalue weighted by Gasteiger charge is -2.27. The summed E-state index contributed by atoms with van der Waals surface area (Å²) in [5.41, 5.74) is 8.00. The van der Waals surface area contributed by atoms with E-state index in [1.54, 1.807) is 19.2 Å². The fourth-order valence-electron chi connectivity index (χ4n) is 5.23. The zero-order chi connectivity index (χ0) is 27.4. The van der Waals surface area contributed by atoms with E-state index in [1.807, 2.05) is 49.4 Å². The van der Waals surface area contributed by atoms with Crippen molar-refractivity contribution in [2.24, 2.45) is 0 Å². The molecule has 7 heteroatoms. The van der Waals surface area contributed by atoms with Gasteiger partial charge in [-0.25, -0.2) is 9.97 Å². The molecule has 1 heterocycles. The maximum atomic E-state index is 13.3. The highest BCUT2D eigenvalue weighted by Gasteiger charge is 2.23. The monoisotopic (exact) mass is 523 g/mol. The molecule has 1 atom stereocenters. The molecule has 0 aliphatic heterocycles. The highest BCUT2D eigenvalue weighted by Crippen LogP contribution is 2.33. The Morgan fingerprint density at radius 3 is 2.59 bits per heavy atom. The van der Waals surface area contributed by atoms with Gasteiger partial charge in [0.15, 0.2) is 0 Å². The molecule has 200 valence electrons. The summed E-state index contributed by atoms with van der Waals surface area (Å²) in [7, 11) is 1.66. The summed E-state index contributed by atoms with van der Waals surface area (Å²) < 4.78 is 5.37. The zero-order valence-electron chi connectivity index (χ0n) is 22.4. The van der Waals surface area contributed by atoms with Gasteiger partial charge < -0.3 is 15.2 Å². The van der Waals surface area contributed by atoms with E-state index in [9.17, 15) is 9.59 Å². The molecule has 7 nitrogen and oxygen atoms in total. The van der Waals surface area contributed by atoms with E-state index in [4.69, 9.17) is 19.8 Å². The van der Waals surface area contributed by atoms with Crippen molar-refractivity contribution in [2.75, 3.05) is 7.11 Å². The molecule has 1 amide bonds. The Balaban J connectivity index is 1.42. The first-order valence-electron chi connectivity index (χ1n) is 13.5. The number of aromatic nitrogens is 2. The van der Waals surface area contributed by atoms with Crippen LogP contribution >= 0.6 is 0 Å². The predicted molar refractivity (Wildman–Crippen MR) is 151 cm³/mol. The van der Waals surface area contributed by atoms with Crippen LogP contribution in [0, 0.1) is 6.92 Å². The molecule has 0 saturated carbocycles. The van der Waals surface area contributed by atoms with E-state index in [2.05, 4.69) is 11.4 Å². The van der Waals surface area contributed by atoms with E-state index >= 15 is 0 Å². The maximum absolute atomic E-state index is 13.3. The molecular weight excluding hydrogens is 490 g/mol. The fraction of sp³-hybridized carbons (Fsp3) is 0.312. The molecule has 3 aromatic carbocycles. The number of carboxylic acid groups (broad SMARTS) is 1. The van der Waals surface area contributed by atoms with Crippen molar-refractivity contribution in [3.05, 3.63) is 88.6 Å². The normalized spacial score (nSPS) is 14.6. The molecule has 0 fully saturated rings. The van der Waals surface area contributed by atoms with E-state index in [0.717, 1.165) is 53.1 Å². The van der Waals surface area contributed by atoms with Crippen LogP contribution in [0.5, 0.6) is 5.75 Å². The zero-order valence-corrected chi connectivity index (χ0v) is 22.4. The third-order valence-electron chi connectivity index (χ3n) is 7.35. The minimum absolute atomic E-state index is 0.0531. The number of nitrogens with one attached hydrogen (secondary N) is 1. The molecule has 1 aliphatic carbocycles. The number of methoxy groups -OCH3 is 1. The number of unbranched alkanes of at least 4 members (excludes halogenated alkanes) is 1. The predicted octanol–water partition coefficient (Wildman–Crippen LogP) is 6.22. The van der Waals surface area contributed by atoms with Crippen molar-refractivity contribution in [3.8, 4) is 17.0 Å². The second kappa shape index (κ2) is 11.6. The lowest BCUT2D eigenvalue weighted by Crippen LogP contribution is -2.31. The number of carbonyl (C=O) groups excluding carboxylic acids is 1. The molecule has 2 N–H and O–H groups in total. The molecule has 4 aromatic rings. The van der Waals surface area contributed by atoms with Crippen LogP contribution in [0.4, 0.5) is 0 Å².